The minimum absolute atomic E-state index is 0.0575. The second kappa shape index (κ2) is 7.38. The first-order chi connectivity index (χ1) is 12.0. The third kappa shape index (κ3) is 4.28. The van der Waals surface area contributed by atoms with Crippen LogP contribution in [0.2, 0.25) is 0 Å². The van der Waals surface area contributed by atoms with Gasteiger partial charge in [-0.25, -0.2) is 22.5 Å². The number of nitrogens with one attached hydrogen (secondary N) is 1. The Morgan fingerprint density at radius 1 is 1.20 bits per heavy atom. The molecule has 25 heavy (non-hydrogen) atoms. The Labute approximate surface area is 149 Å². The third-order valence-electron chi connectivity index (χ3n) is 3.59. The molecule has 0 fully saturated rings. The highest BCUT2D eigenvalue weighted by atomic mass is 32.2. The summed E-state index contributed by atoms with van der Waals surface area (Å²) in [5, 5.41) is 2.78. The number of hydrogen-bond donors (Lipinski definition) is 1. The van der Waals surface area contributed by atoms with E-state index in [4.69, 9.17) is 0 Å². The molecule has 0 bridgehead atoms. The number of benzene rings is 1. The van der Waals surface area contributed by atoms with Crippen LogP contribution in [0.5, 0.6) is 0 Å². The Morgan fingerprint density at radius 3 is 2.68 bits per heavy atom. The number of thiazole rings is 1. The maximum absolute atomic E-state index is 13.3. The van der Waals surface area contributed by atoms with Crippen LogP contribution in [0.3, 0.4) is 0 Å². The van der Waals surface area contributed by atoms with Gasteiger partial charge < -0.3 is 0 Å². The summed E-state index contributed by atoms with van der Waals surface area (Å²) in [6.45, 7) is 1.75. The number of halogens is 1. The van der Waals surface area contributed by atoms with E-state index in [1.54, 1.807) is 12.4 Å². The smallest absolute Gasteiger partial charge is 0.240 e. The molecule has 2 aromatic heterocycles. The molecule has 0 aliphatic rings. The molecular formula is C17H16FN3O2S2. The van der Waals surface area contributed by atoms with Gasteiger partial charge in [0.25, 0.3) is 0 Å². The van der Waals surface area contributed by atoms with Gasteiger partial charge in [-0.3, -0.25) is 4.98 Å². The van der Waals surface area contributed by atoms with Crippen LogP contribution in [-0.4, -0.2) is 24.9 Å². The minimum Gasteiger partial charge on any atom is -0.265 e. The summed E-state index contributed by atoms with van der Waals surface area (Å²) in [7, 11) is -3.66. The van der Waals surface area contributed by atoms with E-state index in [0.717, 1.165) is 22.3 Å². The Balaban J connectivity index is 1.63. The van der Waals surface area contributed by atoms with Gasteiger partial charge in [0.1, 0.15) is 10.8 Å². The molecule has 0 radical (unpaired) electrons. The van der Waals surface area contributed by atoms with Gasteiger partial charge in [-0.15, -0.1) is 11.3 Å². The summed E-state index contributed by atoms with van der Waals surface area (Å²) >= 11 is 1.50. The normalized spacial score (nSPS) is 11.6. The SMILES string of the molecule is Cc1cc(S(=O)(=O)NCCc2csc(-c3ccncc3)n2)ccc1F. The van der Waals surface area contributed by atoms with Gasteiger partial charge >= 0.3 is 0 Å². The third-order valence-corrected chi connectivity index (χ3v) is 5.99. The summed E-state index contributed by atoms with van der Waals surface area (Å²) in [6, 6.07) is 7.49. The van der Waals surface area contributed by atoms with Crippen LogP contribution in [0.4, 0.5) is 4.39 Å². The number of hydrogen-bond acceptors (Lipinski definition) is 5. The van der Waals surface area contributed by atoms with Gasteiger partial charge in [0, 0.05) is 36.3 Å². The van der Waals surface area contributed by atoms with Crippen molar-refractivity contribution in [2.75, 3.05) is 6.54 Å². The molecular weight excluding hydrogens is 361 g/mol. The summed E-state index contributed by atoms with van der Waals surface area (Å²) in [6.07, 6.45) is 3.88. The van der Waals surface area contributed by atoms with Crippen LogP contribution in [0.25, 0.3) is 10.6 Å². The number of rotatable bonds is 6. The molecule has 0 atom stereocenters. The van der Waals surface area contributed by atoms with Gasteiger partial charge in [0.2, 0.25) is 10.0 Å². The van der Waals surface area contributed by atoms with E-state index in [1.807, 2.05) is 17.5 Å². The highest BCUT2D eigenvalue weighted by Crippen LogP contribution is 2.23. The van der Waals surface area contributed by atoms with Gasteiger partial charge in [-0.2, -0.15) is 0 Å². The standard InChI is InChI=1S/C17H16FN3O2S2/c1-12-10-15(2-3-16(12)18)25(22,23)20-9-6-14-11-24-17(21-14)13-4-7-19-8-5-13/h2-5,7-8,10-11,20H,6,9H2,1H3. The Morgan fingerprint density at radius 2 is 1.96 bits per heavy atom. The fraction of sp³-hybridized carbons (Fsp3) is 0.176. The van der Waals surface area contributed by atoms with Gasteiger partial charge in [0.15, 0.2) is 0 Å². The van der Waals surface area contributed by atoms with E-state index >= 15 is 0 Å². The van der Waals surface area contributed by atoms with Crippen molar-refractivity contribution in [1.82, 2.24) is 14.7 Å². The van der Waals surface area contributed by atoms with E-state index in [0.29, 0.717) is 12.0 Å². The van der Waals surface area contributed by atoms with Crippen LogP contribution in [0.15, 0.2) is 53.0 Å². The lowest BCUT2D eigenvalue weighted by molar-refractivity contribution is 0.580. The molecule has 0 aliphatic carbocycles. The zero-order chi connectivity index (χ0) is 17.9. The lowest BCUT2D eigenvalue weighted by Crippen LogP contribution is -2.26. The Bertz CT molecular complexity index is 973. The number of sulfonamides is 1. The molecule has 130 valence electrons. The highest BCUT2D eigenvalue weighted by molar-refractivity contribution is 7.89. The van der Waals surface area contributed by atoms with Crippen molar-refractivity contribution in [2.24, 2.45) is 0 Å². The van der Waals surface area contributed by atoms with E-state index in [9.17, 15) is 12.8 Å². The Kier molecular flexibility index (Phi) is 5.22. The lowest BCUT2D eigenvalue weighted by atomic mass is 10.2. The van der Waals surface area contributed by atoms with Crippen molar-refractivity contribution in [3.8, 4) is 10.6 Å². The quantitative estimate of drug-likeness (QED) is 0.716. The molecule has 0 spiro atoms. The molecule has 5 nitrogen and oxygen atoms in total. The van der Waals surface area contributed by atoms with E-state index in [2.05, 4.69) is 14.7 Å². The predicted molar refractivity (Wildman–Crippen MR) is 95.4 cm³/mol. The molecule has 1 aromatic carbocycles. The van der Waals surface area contributed by atoms with Gasteiger partial charge in [-0.1, -0.05) is 0 Å². The minimum atomic E-state index is -3.66. The van der Waals surface area contributed by atoms with Crippen LogP contribution >= 0.6 is 11.3 Å². The fourth-order valence-corrected chi connectivity index (χ4v) is 4.21. The first-order valence-electron chi connectivity index (χ1n) is 7.56. The zero-order valence-electron chi connectivity index (χ0n) is 13.4. The van der Waals surface area contributed by atoms with E-state index in [1.165, 1.54) is 30.4 Å². The summed E-state index contributed by atoms with van der Waals surface area (Å²) < 4.78 is 40.3. The summed E-state index contributed by atoms with van der Waals surface area (Å²) in [5.74, 6) is -0.426. The number of pyridine rings is 1. The van der Waals surface area contributed by atoms with Crippen molar-refractivity contribution >= 4 is 21.4 Å². The van der Waals surface area contributed by atoms with Crippen molar-refractivity contribution in [1.29, 1.82) is 0 Å². The second-order valence-corrected chi connectivity index (χ2v) is 8.06. The molecule has 0 saturated carbocycles. The monoisotopic (exact) mass is 377 g/mol. The van der Waals surface area contributed by atoms with Crippen molar-refractivity contribution < 1.29 is 12.8 Å². The summed E-state index contributed by atoms with van der Waals surface area (Å²) in [4.78, 5) is 8.53. The number of aromatic nitrogens is 2. The first kappa shape index (κ1) is 17.7. The molecule has 0 unspecified atom stereocenters. The first-order valence-corrected chi connectivity index (χ1v) is 9.92. The Hall–Kier alpha value is -2.16. The average molecular weight is 377 g/mol. The highest BCUT2D eigenvalue weighted by Gasteiger charge is 2.15. The van der Waals surface area contributed by atoms with Crippen LogP contribution in [-0.2, 0) is 16.4 Å². The lowest BCUT2D eigenvalue weighted by Gasteiger charge is -2.07. The summed E-state index contributed by atoms with van der Waals surface area (Å²) in [5.41, 5.74) is 2.09. The maximum Gasteiger partial charge on any atom is 0.240 e. The molecule has 0 aliphatic heterocycles. The van der Waals surface area contributed by atoms with Crippen LogP contribution in [0.1, 0.15) is 11.3 Å². The predicted octanol–water partition coefficient (Wildman–Crippen LogP) is 3.17. The van der Waals surface area contributed by atoms with Crippen LogP contribution < -0.4 is 4.72 Å². The van der Waals surface area contributed by atoms with E-state index in [-0.39, 0.29) is 11.4 Å². The van der Waals surface area contributed by atoms with Crippen molar-refractivity contribution in [3.63, 3.8) is 0 Å². The zero-order valence-corrected chi connectivity index (χ0v) is 15.1. The van der Waals surface area contributed by atoms with Crippen molar-refractivity contribution in [2.45, 2.75) is 18.2 Å². The average Bonchev–Trinajstić information content (AvgIpc) is 3.07. The van der Waals surface area contributed by atoms with Crippen molar-refractivity contribution in [3.05, 3.63) is 65.2 Å². The van der Waals surface area contributed by atoms with E-state index < -0.39 is 15.8 Å². The number of aryl methyl sites for hydroxylation is 1. The topological polar surface area (TPSA) is 72.0 Å². The van der Waals surface area contributed by atoms with Gasteiger partial charge in [0.05, 0.1) is 10.6 Å². The van der Waals surface area contributed by atoms with Gasteiger partial charge in [-0.05, 0) is 42.8 Å². The molecule has 0 saturated heterocycles. The largest absolute Gasteiger partial charge is 0.265 e. The van der Waals surface area contributed by atoms with Crippen LogP contribution in [0, 0.1) is 12.7 Å². The fourth-order valence-electron chi connectivity index (χ4n) is 2.23. The second-order valence-electron chi connectivity index (χ2n) is 5.44. The molecule has 0 amide bonds. The molecule has 8 heteroatoms. The number of nitrogens with zero attached hydrogens (tertiary/aromatic N) is 2. The maximum atomic E-state index is 13.3. The molecule has 2 heterocycles. The molecule has 3 rings (SSSR count). The molecule has 3 aromatic rings. The molecule has 1 N–H and O–H groups in total.